The second-order valence-electron chi connectivity index (χ2n) is 12.0. The first-order chi connectivity index (χ1) is 19.9. The summed E-state index contributed by atoms with van der Waals surface area (Å²) in [5.74, 6) is -1.82. The maximum atomic E-state index is 14.6. The summed E-state index contributed by atoms with van der Waals surface area (Å²) in [5, 5.41) is 9.87. The number of aliphatic carboxylic acids is 1. The maximum absolute atomic E-state index is 14.6. The SMILES string of the molecule is C=CC(CCCC)S(=O)(=O)C1CC1C(C)N1C(=O)C(CC)(CC(=O)O)CC(c2cccc(Cl)c2)C1c1ccc(Cl)cc1. The lowest BCUT2D eigenvalue weighted by Crippen LogP contribution is -2.57. The van der Waals surface area contributed by atoms with E-state index in [0.717, 1.165) is 24.0 Å². The Morgan fingerprint density at radius 1 is 1.14 bits per heavy atom. The summed E-state index contributed by atoms with van der Waals surface area (Å²) in [6.07, 6.45) is 4.57. The lowest BCUT2D eigenvalue weighted by atomic mass is 9.65. The van der Waals surface area contributed by atoms with E-state index in [2.05, 4.69) is 6.58 Å². The van der Waals surface area contributed by atoms with E-state index >= 15 is 0 Å². The fraction of sp³-hybridized carbons (Fsp3) is 0.515. The Kier molecular flexibility index (Phi) is 10.2. The van der Waals surface area contributed by atoms with Crippen LogP contribution in [0.5, 0.6) is 0 Å². The molecule has 228 valence electrons. The lowest BCUT2D eigenvalue weighted by molar-refractivity contribution is -0.162. The van der Waals surface area contributed by atoms with Crippen molar-refractivity contribution in [2.24, 2.45) is 11.3 Å². The van der Waals surface area contributed by atoms with Crippen LogP contribution in [0.15, 0.2) is 61.2 Å². The van der Waals surface area contributed by atoms with Crippen molar-refractivity contribution in [1.82, 2.24) is 4.90 Å². The highest BCUT2D eigenvalue weighted by molar-refractivity contribution is 7.93. The van der Waals surface area contributed by atoms with Crippen molar-refractivity contribution >= 4 is 44.9 Å². The zero-order chi connectivity index (χ0) is 30.8. The van der Waals surface area contributed by atoms with Crippen LogP contribution in [0.4, 0.5) is 0 Å². The molecule has 2 aliphatic rings. The van der Waals surface area contributed by atoms with Crippen molar-refractivity contribution in [2.75, 3.05) is 0 Å². The molecule has 0 bridgehead atoms. The molecule has 1 N–H and O–H groups in total. The number of hydrogen-bond acceptors (Lipinski definition) is 4. The number of likely N-dealkylation sites (tertiary alicyclic amines) is 1. The minimum atomic E-state index is -3.50. The van der Waals surface area contributed by atoms with Gasteiger partial charge in [-0.05, 0) is 73.9 Å². The third kappa shape index (κ3) is 6.44. The molecule has 0 spiro atoms. The summed E-state index contributed by atoms with van der Waals surface area (Å²) < 4.78 is 27.3. The number of sulfone groups is 1. The first-order valence-corrected chi connectivity index (χ1v) is 17.2. The summed E-state index contributed by atoms with van der Waals surface area (Å²) in [5.41, 5.74) is 0.613. The average Bonchev–Trinajstić information content (AvgIpc) is 3.76. The molecule has 42 heavy (non-hydrogen) atoms. The number of halogens is 2. The Hall–Kier alpha value is -2.35. The van der Waals surface area contributed by atoms with E-state index in [1.165, 1.54) is 6.08 Å². The Labute approximate surface area is 260 Å². The maximum Gasteiger partial charge on any atom is 0.304 e. The molecule has 1 heterocycles. The number of rotatable bonds is 13. The summed E-state index contributed by atoms with van der Waals surface area (Å²) in [6, 6.07) is 13.9. The number of hydrogen-bond donors (Lipinski definition) is 1. The summed E-state index contributed by atoms with van der Waals surface area (Å²) in [6.45, 7) is 9.61. The predicted octanol–water partition coefficient (Wildman–Crippen LogP) is 7.86. The number of piperidine rings is 1. The predicted molar refractivity (Wildman–Crippen MR) is 169 cm³/mol. The number of amides is 1. The minimum Gasteiger partial charge on any atom is -0.481 e. The van der Waals surface area contributed by atoms with Crippen LogP contribution in [0, 0.1) is 11.3 Å². The molecular formula is C33H41Cl2NO5S. The Morgan fingerprint density at radius 2 is 1.83 bits per heavy atom. The topological polar surface area (TPSA) is 91.8 Å². The molecule has 0 radical (unpaired) electrons. The number of carboxylic acid groups (broad SMARTS) is 1. The molecule has 2 aromatic carbocycles. The molecule has 2 aromatic rings. The van der Waals surface area contributed by atoms with E-state index in [1.807, 2.05) is 51.1 Å². The first-order valence-electron chi connectivity index (χ1n) is 14.8. The van der Waals surface area contributed by atoms with Gasteiger partial charge < -0.3 is 10.0 Å². The highest BCUT2D eigenvalue weighted by atomic mass is 35.5. The van der Waals surface area contributed by atoms with Crippen molar-refractivity contribution in [3.05, 3.63) is 82.4 Å². The molecule has 1 aliphatic carbocycles. The van der Waals surface area contributed by atoms with Crippen LogP contribution in [0.2, 0.25) is 10.0 Å². The van der Waals surface area contributed by atoms with Crippen LogP contribution in [0.3, 0.4) is 0 Å². The molecule has 0 aromatic heterocycles. The molecule has 6 nitrogen and oxygen atoms in total. The number of nitrogens with zero attached hydrogens (tertiary/aromatic N) is 1. The molecular weight excluding hydrogens is 593 g/mol. The van der Waals surface area contributed by atoms with Crippen LogP contribution < -0.4 is 0 Å². The van der Waals surface area contributed by atoms with E-state index in [9.17, 15) is 23.1 Å². The minimum absolute atomic E-state index is 0.243. The van der Waals surface area contributed by atoms with Crippen LogP contribution >= 0.6 is 23.2 Å². The van der Waals surface area contributed by atoms with Crippen molar-refractivity contribution in [2.45, 2.75) is 94.2 Å². The van der Waals surface area contributed by atoms with Crippen molar-refractivity contribution in [1.29, 1.82) is 0 Å². The number of benzene rings is 2. The van der Waals surface area contributed by atoms with Crippen LogP contribution in [0.1, 0.15) is 88.8 Å². The van der Waals surface area contributed by atoms with Crippen molar-refractivity contribution in [3.8, 4) is 0 Å². The van der Waals surface area contributed by atoms with Gasteiger partial charge >= 0.3 is 5.97 Å². The zero-order valence-electron chi connectivity index (χ0n) is 24.5. The average molecular weight is 635 g/mol. The molecule has 1 amide bonds. The highest BCUT2D eigenvalue weighted by Crippen LogP contribution is 2.56. The molecule has 1 saturated carbocycles. The number of unbranched alkanes of at least 4 members (excludes halogenated alkanes) is 1. The standard InChI is InChI=1S/C33H41Cl2NO5S/c1-5-8-12-26(6-2)42(40,41)29-18-27(29)21(4)36-31(22-13-15-24(34)16-14-22)28(23-10-9-11-25(35)17-23)19-33(7-3,32(36)39)20-30(37)38/h6,9-11,13-17,21,26-29,31H,2,5,7-8,12,18-20H2,1,3-4H3,(H,37,38). The van der Waals surface area contributed by atoms with Gasteiger partial charge in [0.1, 0.15) is 0 Å². The summed E-state index contributed by atoms with van der Waals surface area (Å²) in [7, 11) is -3.50. The monoisotopic (exact) mass is 633 g/mol. The molecule has 7 atom stereocenters. The van der Waals surface area contributed by atoms with Gasteiger partial charge in [0.25, 0.3) is 0 Å². The highest BCUT2D eigenvalue weighted by Gasteiger charge is 2.59. The van der Waals surface area contributed by atoms with Gasteiger partial charge in [-0.25, -0.2) is 8.42 Å². The fourth-order valence-electron chi connectivity index (χ4n) is 6.93. The quantitative estimate of drug-likeness (QED) is 0.227. The van der Waals surface area contributed by atoms with E-state index < -0.39 is 43.8 Å². The summed E-state index contributed by atoms with van der Waals surface area (Å²) >= 11 is 12.7. The molecule has 9 heteroatoms. The van der Waals surface area contributed by atoms with Gasteiger partial charge in [0.2, 0.25) is 5.91 Å². The second-order valence-corrected chi connectivity index (χ2v) is 15.2. The first kappa shape index (κ1) is 32.6. The van der Waals surface area contributed by atoms with E-state index in [4.69, 9.17) is 23.2 Å². The second kappa shape index (κ2) is 13.1. The lowest BCUT2D eigenvalue weighted by Gasteiger charge is -2.52. The smallest absolute Gasteiger partial charge is 0.304 e. The Morgan fingerprint density at radius 3 is 2.40 bits per heavy atom. The van der Waals surface area contributed by atoms with Gasteiger partial charge in [0.05, 0.1) is 28.4 Å². The van der Waals surface area contributed by atoms with Gasteiger partial charge in [0, 0.05) is 22.0 Å². The molecule has 1 saturated heterocycles. The molecule has 4 rings (SSSR count). The van der Waals surface area contributed by atoms with Crippen molar-refractivity contribution < 1.29 is 23.1 Å². The Bertz CT molecular complexity index is 1410. The molecule has 2 fully saturated rings. The third-order valence-electron chi connectivity index (χ3n) is 9.42. The third-order valence-corrected chi connectivity index (χ3v) is 12.6. The number of carbonyl (C=O) groups excluding carboxylic acids is 1. The van der Waals surface area contributed by atoms with Crippen molar-refractivity contribution in [3.63, 3.8) is 0 Å². The Balaban J connectivity index is 1.83. The number of carboxylic acids is 1. The number of carbonyl (C=O) groups is 2. The van der Waals surface area contributed by atoms with E-state index in [-0.39, 0.29) is 24.2 Å². The van der Waals surface area contributed by atoms with Crippen LogP contribution in [-0.4, -0.2) is 46.8 Å². The van der Waals surface area contributed by atoms with Gasteiger partial charge in [-0.3, -0.25) is 9.59 Å². The van der Waals surface area contributed by atoms with Crippen LogP contribution in [-0.2, 0) is 19.4 Å². The van der Waals surface area contributed by atoms with E-state index in [0.29, 0.717) is 35.7 Å². The molecule has 7 unspecified atom stereocenters. The van der Waals surface area contributed by atoms with Gasteiger partial charge in [0.15, 0.2) is 9.84 Å². The van der Waals surface area contributed by atoms with Gasteiger partial charge in [-0.15, -0.1) is 6.58 Å². The fourth-order valence-corrected chi connectivity index (χ4v) is 9.67. The van der Waals surface area contributed by atoms with Gasteiger partial charge in [-0.2, -0.15) is 0 Å². The normalized spacial score (nSPS) is 27.4. The zero-order valence-corrected chi connectivity index (χ0v) is 26.8. The molecule has 1 aliphatic heterocycles. The summed E-state index contributed by atoms with van der Waals surface area (Å²) in [4.78, 5) is 28.6. The largest absolute Gasteiger partial charge is 0.481 e. The van der Waals surface area contributed by atoms with Crippen LogP contribution in [0.25, 0.3) is 0 Å². The van der Waals surface area contributed by atoms with E-state index in [1.54, 1.807) is 23.1 Å². The van der Waals surface area contributed by atoms with Gasteiger partial charge in [-0.1, -0.05) is 80.2 Å².